The zero-order valence-corrected chi connectivity index (χ0v) is 16.7. The molecule has 1 aliphatic carbocycles. The van der Waals surface area contributed by atoms with Gasteiger partial charge in [0.05, 0.1) is 6.20 Å². The minimum atomic E-state index is -0.601. The first-order valence-corrected chi connectivity index (χ1v) is 9.79. The largest absolute Gasteiger partial charge is 0.486 e. The Kier molecular flexibility index (Phi) is 4.89. The van der Waals surface area contributed by atoms with Crippen LogP contribution >= 0.6 is 0 Å². The molecule has 2 heterocycles. The van der Waals surface area contributed by atoms with Gasteiger partial charge in [0, 0.05) is 30.1 Å². The van der Waals surface area contributed by atoms with Crippen LogP contribution in [0.4, 0.5) is 10.1 Å². The number of nitrogens with zero attached hydrogens (tertiary/aromatic N) is 5. The van der Waals surface area contributed by atoms with E-state index in [0.717, 1.165) is 43.4 Å². The second-order valence-corrected chi connectivity index (χ2v) is 7.60. The van der Waals surface area contributed by atoms with E-state index in [-0.39, 0.29) is 24.3 Å². The van der Waals surface area contributed by atoms with Crippen LogP contribution in [0.5, 0.6) is 5.75 Å². The lowest BCUT2D eigenvalue weighted by Crippen LogP contribution is -2.58. The molecule has 9 heteroatoms. The van der Waals surface area contributed by atoms with Gasteiger partial charge in [0.15, 0.2) is 11.6 Å². The van der Waals surface area contributed by atoms with Crippen molar-refractivity contribution in [2.24, 2.45) is 28.5 Å². The lowest BCUT2D eigenvalue weighted by atomic mass is 9.87. The molecule has 0 bridgehead atoms. The van der Waals surface area contributed by atoms with Gasteiger partial charge in [-0.05, 0) is 44.7 Å². The van der Waals surface area contributed by atoms with E-state index in [4.69, 9.17) is 16.2 Å². The van der Waals surface area contributed by atoms with Gasteiger partial charge in [0.2, 0.25) is 11.9 Å². The van der Waals surface area contributed by atoms with Crippen molar-refractivity contribution in [2.75, 3.05) is 4.90 Å². The first-order chi connectivity index (χ1) is 13.9. The lowest BCUT2D eigenvalue weighted by Gasteiger charge is -2.45. The van der Waals surface area contributed by atoms with Crippen LogP contribution in [-0.4, -0.2) is 27.4 Å². The Morgan fingerprint density at radius 1 is 1.21 bits per heavy atom. The number of anilines is 1. The summed E-state index contributed by atoms with van der Waals surface area (Å²) < 4.78 is 22.3. The van der Waals surface area contributed by atoms with Crippen LogP contribution in [0, 0.1) is 12.7 Å². The lowest BCUT2D eigenvalue weighted by molar-refractivity contribution is 0.288. The molecule has 154 valence electrons. The molecule has 2 aromatic rings. The smallest absolute Gasteiger partial charge is 0.220 e. The highest BCUT2D eigenvalue weighted by Crippen LogP contribution is 2.40. The molecule has 1 saturated carbocycles. The molecule has 0 radical (unpaired) electrons. The summed E-state index contributed by atoms with van der Waals surface area (Å²) in [5, 5.41) is 4.18. The van der Waals surface area contributed by atoms with Crippen molar-refractivity contribution in [1.29, 1.82) is 0 Å². The number of aromatic nitrogens is 2. The van der Waals surface area contributed by atoms with E-state index in [2.05, 4.69) is 15.1 Å². The van der Waals surface area contributed by atoms with Gasteiger partial charge >= 0.3 is 0 Å². The summed E-state index contributed by atoms with van der Waals surface area (Å²) in [4.78, 5) is 10.5. The van der Waals surface area contributed by atoms with Crippen LogP contribution in [0.3, 0.4) is 0 Å². The number of hydrogen-bond acceptors (Lipinski definition) is 7. The number of aryl methyl sites for hydroxylation is 1. The number of aliphatic imine (C=N–C) groups is 2. The van der Waals surface area contributed by atoms with E-state index in [9.17, 15) is 4.39 Å². The SMILES string of the molecule is Cc1c(COc2ccc(N3C(N)=NC(N)=NC34CCCCC4)cc2F)cnn1C. The third-order valence-electron chi connectivity index (χ3n) is 5.75. The predicted octanol–water partition coefficient (Wildman–Crippen LogP) is 2.56. The summed E-state index contributed by atoms with van der Waals surface area (Å²) in [6.45, 7) is 2.19. The van der Waals surface area contributed by atoms with Crippen molar-refractivity contribution in [3.05, 3.63) is 41.5 Å². The Labute approximate surface area is 169 Å². The average molecular weight is 399 g/mol. The first kappa shape index (κ1) is 19.2. The molecule has 1 aromatic heterocycles. The Bertz CT molecular complexity index is 975. The Balaban J connectivity index is 1.59. The van der Waals surface area contributed by atoms with Crippen LogP contribution in [0.15, 0.2) is 34.4 Å². The molecule has 1 fully saturated rings. The number of benzene rings is 1. The highest BCUT2D eigenvalue weighted by atomic mass is 19.1. The number of rotatable bonds is 4. The molecule has 29 heavy (non-hydrogen) atoms. The van der Waals surface area contributed by atoms with Crippen LogP contribution in [0.25, 0.3) is 0 Å². The van der Waals surface area contributed by atoms with Crippen molar-refractivity contribution in [2.45, 2.75) is 51.3 Å². The third kappa shape index (κ3) is 3.52. The van der Waals surface area contributed by atoms with Gasteiger partial charge in [-0.15, -0.1) is 0 Å². The maximum atomic E-state index is 14.9. The van der Waals surface area contributed by atoms with Crippen LogP contribution < -0.4 is 21.1 Å². The molecule has 0 amide bonds. The highest BCUT2D eigenvalue weighted by Gasteiger charge is 2.42. The van der Waals surface area contributed by atoms with E-state index in [1.165, 1.54) is 6.07 Å². The summed E-state index contributed by atoms with van der Waals surface area (Å²) in [7, 11) is 1.86. The standard InChI is InChI=1S/C20H26FN7O/c1-13-14(11-24-27(13)2)12-29-17-7-6-15(10-16(17)21)28-19(23)25-18(22)26-20(28)8-4-3-5-9-20/h6-7,10-11H,3-5,8-9,12H2,1-2H3,(H4,22,23,25,26). The normalized spacial score (nSPS) is 18.5. The summed E-state index contributed by atoms with van der Waals surface area (Å²) >= 11 is 0. The quantitative estimate of drug-likeness (QED) is 0.822. The zero-order valence-electron chi connectivity index (χ0n) is 16.7. The van der Waals surface area contributed by atoms with Gasteiger partial charge in [-0.3, -0.25) is 9.58 Å². The molecule has 1 spiro atoms. The van der Waals surface area contributed by atoms with Crippen molar-refractivity contribution in [3.63, 3.8) is 0 Å². The summed E-state index contributed by atoms with van der Waals surface area (Å²) in [6.07, 6.45) is 6.47. The van der Waals surface area contributed by atoms with Gasteiger partial charge in [-0.25, -0.2) is 9.38 Å². The van der Waals surface area contributed by atoms with Gasteiger partial charge in [-0.1, -0.05) is 6.42 Å². The molecule has 0 unspecified atom stereocenters. The highest BCUT2D eigenvalue weighted by molar-refractivity contribution is 6.05. The van der Waals surface area contributed by atoms with Crippen LogP contribution in [-0.2, 0) is 13.7 Å². The number of guanidine groups is 2. The van der Waals surface area contributed by atoms with Crippen molar-refractivity contribution in [3.8, 4) is 5.75 Å². The number of nitrogens with two attached hydrogens (primary N) is 2. The molecule has 0 saturated heterocycles. The number of hydrogen-bond donors (Lipinski definition) is 2. The van der Waals surface area contributed by atoms with E-state index in [1.54, 1.807) is 27.9 Å². The van der Waals surface area contributed by atoms with Crippen LogP contribution in [0.1, 0.15) is 43.4 Å². The molecule has 0 atom stereocenters. The van der Waals surface area contributed by atoms with E-state index >= 15 is 0 Å². The first-order valence-electron chi connectivity index (χ1n) is 9.79. The van der Waals surface area contributed by atoms with Crippen molar-refractivity contribution in [1.82, 2.24) is 9.78 Å². The maximum absolute atomic E-state index is 14.9. The monoisotopic (exact) mass is 399 g/mol. The topological polar surface area (TPSA) is 107 Å². The zero-order chi connectivity index (χ0) is 20.6. The molecular formula is C20H26FN7O. The Morgan fingerprint density at radius 3 is 2.62 bits per heavy atom. The molecular weight excluding hydrogens is 373 g/mol. The Morgan fingerprint density at radius 2 is 1.97 bits per heavy atom. The Hall–Kier alpha value is -3.10. The second kappa shape index (κ2) is 7.38. The summed E-state index contributed by atoms with van der Waals surface area (Å²) in [5.74, 6) is 0.113. The fraction of sp³-hybridized carbons (Fsp3) is 0.450. The average Bonchev–Trinajstić information content (AvgIpc) is 2.99. The number of ether oxygens (including phenoxy) is 1. The number of halogens is 1. The molecule has 4 rings (SSSR count). The van der Waals surface area contributed by atoms with Crippen LogP contribution in [0.2, 0.25) is 0 Å². The molecule has 2 aliphatic rings. The fourth-order valence-corrected chi connectivity index (χ4v) is 4.08. The van der Waals surface area contributed by atoms with E-state index in [1.807, 2.05) is 14.0 Å². The molecule has 8 nitrogen and oxygen atoms in total. The van der Waals surface area contributed by atoms with Crippen molar-refractivity contribution < 1.29 is 9.13 Å². The molecule has 4 N–H and O–H groups in total. The third-order valence-corrected chi connectivity index (χ3v) is 5.75. The van der Waals surface area contributed by atoms with E-state index in [0.29, 0.717) is 5.69 Å². The van der Waals surface area contributed by atoms with Gasteiger partial charge < -0.3 is 16.2 Å². The molecule has 1 aromatic carbocycles. The summed E-state index contributed by atoms with van der Waals surface area (Å²) in [5.41, 5.74) is 14.0. The fourth-order valence-electron chi connectivity index (χ4n) is 4.08. The minimum Gasteiger partial charge on any atom is -0.486 e. The molecule has 1 aliphatic heterocycles. The maximum Gasteiger partial charge on any atom is 0.220 e. The summed E-state index contributed by atoms with van der Waals surface area (Å²) in [6, 6.07) is 4.81. The van der Waals surface area contributed by atoms with Crippen molar-refractivity contribution >= 4 is 17.6 Å². The second-order valence-electron chi connectivity index (χ2n) is 7.60. The minimum absolute atomic E-state index is 0.172. The van der Waals surface area contributed by atoms with Gasteiger partial charge in [0.25, 0.3) is 0 Å². The van der Waals surface area contributed by atoms with E-state index < -0.39 is 11.5 Å². The van der Waals surface area contributed by atoms with Gasteiger partial charge in [0.1, 0.15) is 12.3 Å². The predicted molar refractivity (Wildman–Crippen MR) is 110 cm³/mol. The van der Waals surface area contributed by atoms with Gasteiger partial charge in [-0.2, -0.15) is 10.1 Å².